The molecule has 0 saturated heterocycles. The van der Waals surface area contributed by atoms with Crippen LogP contribution in [0, 0.1) is 21.7 Å². The smallest absolute Gasteiger partial charge is 0.330 e. The maximum Gasteiger partial charge on any atom is 0.330 e. The molecule has 0 radical (unpaired) electrons. The molecule has 0 heterocycles. The first-order chi connectivity index (χ1) is 8.90. The average Bonchev–Trinajstić information content (AvgIpc) is 2.33. The van der Waals surface area contributed by atoms with E-state index in [0.29, 0.717) is 12.1 Å². The third kappa shape index (κ3) is 3.35. The number of ether oxygens (including phenoxy) is 1. The van der Waals surface area contributed by atoms with Crippen molar-refractivity contribution in [2.75, 3.05) is 19.0 Å². The average molecular weight is 276 g/mol. The van der Waals surface area contributed by atoms with Crippen LogP contribution in [-0.4, -0.2) is 35.8 Å². The monoisotopic (exact) mass is 276 g/mol. The van der Waals surface area contributed by atoms with Crippen LogP contribution in [-0.2, 0) is 9.53 Å². The summed E-state index contributed by atoms with van der Waals surface area (Å²) >= 11 is 0. The van der Waals surface area contributed by atoms with E-state index in [0.717, 1.165) is 7.11 Å². The number of hydrogen-bond donors (Lipinski definition) is 2. The molecule has 19 heavy (non-hydrogen) atoms. The zero-order valence-electron chi connectivity index (χ0n) is 9.72. The Kier molecular flexibility index (Phi) is 4.70. The lowest BCUT2D eigenvalue weighted by molar-refractivity contribution is -0.386. The number of halogens is 2. The van der Waals surface area contributed by atoms with Crippen LogP contribution < -0.4 is 5.32 Å². The van der Waals surface area contributed by atoms with Gasteiger partial charge in [0.2, 0.25) is 5.82 Å². The third-order valence-corrected chi connectivity index (χ3v) is 2.21. The van der Waals surface area contributed by atoms with E-state index in [1.807, 2.05) is 0 Å². The first-order valence-corrected chi connectivity index (χ1v) is 4.99. The van der Waals surface area contributed by atoms with Crippen molar-refractivity contribution in [2.45, 2.75) is 6.04 Å². The van der Waals surface area contributed by atoms with Crippen LogP contribution in [0.3, 0.4) is 0 Å². The molecular weight excluding hydrogens is 266 g/mol. The predicted molar refractivity (Wildman–Crippen MR) is 59.5 cm³/mol. The second-order valence-electron chi connectivity index (χ2n) is 3.44. The lowest BCUT2D eigenvalue weighted by Crippen LogP contribution is -2.34. The molecule has 0 spiro atoms. The number of carbonyl (C=O) groups excluding carboxylic acids is 1. The van der Waals surface area contributed by atoms with Crippen molar-refractivity contribution < 1.29 is 28.3 Å². The Bertz CT molecular complexity index is 509. The lowest BCUT2D eigenvalue weighted by Gasteiger charge is -2.15. The molecule has 1 aromatic rings. The zero-order chi connectivity index (χ0) is 14.6. The maximum absolute atomic E-state index is 13.3. The van der Waals surface area contributed by atoms with Gasteiger partial charge in [-0.2, -0.15) is 4.39 Å². The summed E-state index contributed by atoms with van der Waals surface area (Å²) in [4.78, 5) is 20.8. The number of methoxy groups -OCH3 is 1. The summed E-state index contributed by atoms with van der Waals surface area (Å²) < 4.78 is 30.6. The van der Waals surface area contributed by atoms with E-state index in [1.54, 1.807) is 0 Å². The fourth-order valence-electron chi connectivity index (χ4n) is 1.37. The standard InChI is InChI=1S/C10H10F2N2O5/c1-19-10(16)8(4-15)13-7-3-5(11)2-6(12)9(7)14(17)18/h2-3,8,13,15H,4H2,1H3. The molecule has 0 aromatic heterocycles. The fraction of sp³-hybridized carbons (Fsp3) is 0.300. The van der Waals surface area contributed by atoms with Crippen LogP contribution in [0.15, 0.2) is 12.1 Å². The summed E-state index contributed by atoms with van der Waals surface area (Å²) in [5, 5.41) is 21.8. The van der Waals surface area contributed by atoms with Gasteiger partial charge in [0.1, 0.15) is 17.5 Å². The van der Waals surface area contributed by atoms with E-state index < -0.39 is 46.6 Å². The van der Waals surface area contributed by atoms with E-state index in [9.17, 15) is 23.7 Å². The van der Waals surface area contributed by atoms with Crippen LogP contribution in [0.2, 0.25) is 0 Å². The fourth-order valence-corrected chi connectivity index (χ4v) is 1.37. The molecular formula is C10H10F2N2O5. The first kappa shape index (κ1) is 14.8. The number of nitrogens with zero attached hydrogens (tertiary/aromatic N) is 1. The molecule has 7 nitrogen and oxygen atoms in total. The molecule has 0 bridgehead atoms. The number of aliphatic hydroxyl groups is 1. The maximum atomic E-state index is 13.3. The van der Waals surface area contributed by atoms with E-state index in [1.165, 1.54) is 0 Å². The highest BCUT2D eigenvalue weighted by atomic mass is 19.1. The second kappa shape index (κ2) is 6.05. The molecule has 2 N–H and O–H groups in total. The molecule has 0 amide bonds. The van der Waals surface area contributed by atoms with Crippen molar-refractivity contribution in [3.63, 3.8) is 0 Å². The quantitative estimate of drug-likeness (QED) is 0.469. The Morgan fingerprint density at radius 3 is 2.68 bits per heavy atom. The third-order valence-electron chi connectivity index (χ3n) is 2.21. The number of hydrogen-bond acceptors (Lipinski definition) is 6. The van der Waals surface area contributed by atoms with Crippen molar-refractivity contribution in [2.24, 2.45) is 0 Å². The summed E-state index contributed by atoms with van der Waals surface area (Å²) in [5.74, 6) is -3.39. The van der Waals surface area contributed by atoms with Gasteiger partial charge in [0.25, 0.3) is 0 Å². The van der Waals surface area contributed by atoms with E-state index in [-0.39, 0.29) is 0 Å². The number of carbonyl (C=O) groups is 1. The Morgan fingerprint density at radius 2 is 2.21 bits per heavy atom. The van der Waals surface area contributed by atoms with Crippen molar-refractivity contribution in [3.8, 4) is 0 Å². The second-order valence-corrected chi connectivity index (χ2v) is 3.44. The van der Waals surface area contributed by atoms with Crippen molar-refractivity contribution >= 4 is 17.3 Å². The molecule has 0 aliphatic carbocycles. The minimum Gasteiger partial charge on any atom is -0.467 e. The Balaban J connectivity index is 3.18. The highest BCUT2D eigenvalue weighted by Gasteiger charge is 2.26. The van der Waals surface area contributed by atoms with Gasteiger partial charge in [0.15, 0.2) is 0 Å². The van der Waals surface area contributed by atoms with Gasteiger partial charge in [0, 0.05) is 12.1 Å². The molecule has 104 valence electrons. The lowest BCUT2D eigenvalue weighted by atomic mass is 10.2. The van der Waals surface area contributed by atoms with Crippen LogP contribution in [0.5, 0.6) is 0 Å². The summed E-state index contributed by atoms with van der Waals surface area (Å²) in [6, 6.07) is -0.382. The summed E-state index contributed by atoms with van der Waals surface area (Å²) in [6.45, 7) is -0.762. The number of nitrogens with one attached hydrogen (secondary N) is 1. The van der Waals surface area contributed by atoms with Gasteiger partial charge in [-0.1, -0.05) is 0 Å². The number of aliphatic hydroxyl groups excluding tert-OH is 1. The van der Waals surface area contributed by atoms with Crippen molar-refractivity contribution in [3.05, 3.63) is 33.9 Å². The molecule has 0 aliphatic heterocycles. The van der Waals surface area contributed by atoms with Gasteiger partial charge in [-0.25, -0.2) is 9.18 Å². The number of benzene rings is 1. The van der Waals surface area contributed by atoms with E-state index in [2.05, 4.69) is 10.1 Å². The number of nitro benzene ring substituents is 1. The molecule has 1 aromatic carbocycles. The summed E-state index contributed by atoms with van der Waals surface area (Å²) in [6.07, 6.45) is 0. The van der Waals surface area contributed by atoms with Gasteiger partial charge in [-0.05, 0) is 0 Å². The van der Waals surface area contributed by atoms with Crippen LogP contribution >= 0.6 is 0 Å². The molecule has 1 atom stereocenters. The minimum absolute atomic E-state index is 0.343. The molecule has 0 saturated carbocycles. The van der Waals surface area contributed by atoms with Gasteiger partial charge < -0.3 is 15.2 Å². The SMILES string of the molecule is COC(=O)C(CO)Nc1cc(F)cc(F)c1[N+](=O)[O-]. The van der Waals surface area contributed by atoms with E-state index >= 15 is 0 Å². The largest absolute Gasteiger partial charge is 0.467 e. The minimum atomic E-state index is -1.39. The highest BCUT2D eigenvalue weighted by Crippen LogP contribution is 2.29. The molecule has 0 fully saturated rings. The van der Waals surface area contributed by atoms with Crippen molar-refractivity contribution in [1.82, 2.24) is 0 Å². The number of rotatable bonds is 5. The van der Waals surface area contributed by atoms with E-state index in [4.69, 9.17) is 5.11 Å². The molecule has 1 unspecified atom stereocenters. The Labute approximate surface area is 105 Å². The normalized spacial score (nSPS) is 11.8. The Morgan fingerprint density at radius 1 is 1.58 bits per heavy atom. The topological polar surface area (TPSA) is 102 Å². The summed E-state index contributed by atoms with van der Waals surface area (Å²) in [5.41, 5.74) is -1.59. The van der Waals surface area contributed by atoms with Gasteiger partial charge in [-0.3, -0.25) is 10.1 Å². The van der Waals surface area contributed by atoms with Crippen LogP contribution in [0.25, 0.3) is 0 Å². The van der Waals surface area contributed by atoms with Crippen molar-refractivity contribution in [1.29, 1.82) is 0 Å². The van der Waals surface area contributed by atoms with Crippen LogP contribution in [0.4, 0.5) is 20.2 Å². The molecule has 1 rings (SSSR count). The Hall–Kier alpha value is -2.29. The van der Waals surface area contributed by atoms with Gasteiger partial charge in [-0.15, -0.1) is 0 Å². The summed E-state index contributed by atoms with van der Waals surface area (Å²) in [7, 11) is 1.03. The van der Waals surface area contributed by atoms with Gasteiger partial charge >= 0.3 is 11.7 Å². The molecule has 0 aliphatic rings. The highest BCUT2D eigenvalue weighted by molar-refractivity contribution is 5.80. The number of nitro groups is 1. The number of esters is 1. The first-order valence-electron chi connectivity index (χ1n) is 4.99. The zero-order valence-corrected chi connectivity index (χ0v) is 9.72. The van der Waals surface area contributed by atoms with Crippen LogP contribution in [0.1, 0.15) is 0 Å². The molecule has 9 heteroatoms. The van der Waals surface area contributed by atoms with Gasteiger partial charge in [0.05, 0.1) is 18.6 Å². The predicted octanol–water partition coefficient (Wildman–Crippen LogP) is 0.819. The number of anilines is 1.